The number of carbonyl (C=O) groups excluding carboxylic acids is 1. The fourth-order valence-electron chi connectivity index (χ4n) is 4.25. The fourth-order valence-corrected chi connectivity index (χ4v) is 7.54. The van der Waals surface area contributed by atoms with E-state index in [0.29, 0.717) is 0 Å². The van der Waals surface area contributed by atoms with Crippen LogP contribution in [0.1, 0.15) is 35.0 Å². The fraction of sp³-hybridized carbons (Fsp3) is 0.364. The number of nitrogens with zero attached hydrogens (tertiary/aromatic N) is 3. The van der Waals surface area contributed by atoms with Gasteiger partial charge in [0, 0.05) is 24.2 Å². The van der Waals surface area contributed by atoms with Crippen molar-refractivity contribution in [3.05, 3.63) is 53.0 Å². The van der Waals surface area contributed by atoms with E-state index in [9.17, 15) is 22.0 Å². The summed E-state index contributed by atoms with van der Waals surface area (Å²) in [5, 5.41) is -0.0228. The third-order valence-electron chi connectivity index (χ3n) is 6.00. The van der Waals surface area contributed by atoms with Gasteiger partial charge in [-0.1, -0.05) is 17.7 Å². The zero-order valence-corrected chi connectivity index (χ0v) is 19.8. The first-order valence-electron chi connectivity index (χ1n) is 10.0. The number of nitrogens with two attached hydrogens (primary N) is 1. The lowest BCUT2D eigenvalue weighted by molar-refractivity contribution is 0.0987. The molecule has 1 fully saturated rings. The Morgan fingerprint density at radius 2 is 2.09 bits per heavy atom. The summed E-state index contributed by atoms with van der Waals surface area (Å²) >= 11 is 0.928. The summed E-state index contributed by atoms with van der Waals surface area (Å²) in [6.07, 6.45) is 8.53. The molecule has 0 spiro atoms. The molecule has 0 bridgehead atoms. The highest BCUT2D eigenvalue weighted by Crippen LogP contribution is 2.68. The molecule has 0 saturated heterocycles. The van der Waals surface area contributed by atoms with Gasteiger partial charge in [-0.15, -0.1) is 6.42 Å². The highest BCUT2D eigenvalue weighted by atomic mass is 32.3. The van der Waals surface area contributed by atoms with E-state index >= 15 is 0 Å². The van der Waals surface area contributed by atoms with Crippen molar-refractivity contribution < 1.29 is 26.7 Å². The number of hydrogen-bond acceptors (Lipinski definition) is 9. The largest absolute Gasteiger partial charge is 0.463 e. The van der Waals surface area contributed by atoms with Crippen LogP contribution in [0.15, 0.2) is 29.5 Å². The molecule has 178 valence electrons. The van der Waals surface area contributed by atoms with Crippen LogP contribution in [-0.4, -0.2) is 46.3 Å². The van der Waals surface area contributed by atoms with E-state index < -0.39 is 42.8 Å². The topological polar surface area (TPSA) is 125 Å². The minimum atomic E-state index is -3.57. The molecule has 0 unspecified atom stereocenters. The summed E-state index contributed by atoms with van der Waals surface area (Å²) in [6, 6.07) is 2.24. The predicted molar refractivity (Wildman–Crippen MR) is 123 cm³/mol. The number of ketones is 1. The molecule has 4 rings (SSSR count). The van der Waals surface area contributed by atoms with E-state index in [1.54, 1.807) is 0 Å². The Kier molecular flexibility index (Phi) is 5.90. The third-order valence-corrected chi connectivity index (χ3v) is 9.96. The predicted octanol–water partition coefficient (Wildman–Crippen LogP) is 2.23. The zero-order chi connectivity index (χ0) is 24.9. The molecule has 2 heterocycles. The monoisotopic (exact) mass is 506 g/mol. The molecule has 2 N–H and O–H groups in total. The minimum Gasteiger partial charge on any atom is -0.463 e. The quantitative estimate of drug-likeness (QED) is 0.448. The molecule has 34 heavy (non-hydrogen) atoms. The number of rotatable bonds is 7. The maximum Gasteiger partial charge on any atom is 0.233 e. The van der Waals surface area contributed by atoms with Crippen LogP contribution in [0.4, 0.5) is 8.78 Å². The van der Waals surface area contributed by atoms with E-state index in [2.05, 4.69) is 20.9 Å². The number of benzene rings is 1. The first-order valence-corrected chi connectivity index (χ1v) is 12.8. The number of ether oxygens (including phenoxy) is 1. The van der Waals surface area contributed by atoms with Gasteiger partial charge in [0.2, 0.25) is 5.88 Å². The number of halogens is 2. The van der Waals surface area contributed by atoms with Gasteiger partial charge in [0.25, 0.3) is 0 Å². The van der Waals surface area contributed by atoms with Crippen LogP contribution in [-0.2, 0) is 21.8 Å². The Bertz CT molecular complexity index is 1360. The average Bonchev–Trinajstić information content (AvgIpc) is 3.52. The maximum atomic E-state index is 15.0. The summed E-state index contributed by atoms with van der Waals surface area (Å²) in [4.78, 5) is 24.9. The summed E-state index contributed by atoms with van der Waals surface area (Å²) in [5.41, 5.74) is 4.51. The second-order valence-electron chi connectivity index (χ2n) is 8.31. The number of sulfone groups is 1. The standard InChI is InChI=1S/C22H20F2N4O4S2/c1-4-5-32-18-11-26-15(10-27-18)16(29)8-12-6-13(19(24)14(23)7-12)21(2)17-9-22(17,34(3,30)31)33-20(25)28-21/h1,6-7,10-11,17H,5,8-9H2,2-3H3,(H2,25,28)/t17-,21+,22+/m0/s1. The summed E-state index contributed by atoms with van der Waals surface area (Å²) in [6.45, 7) is 1.52. The lowest BCUT2D eigenvalue weighted by Crippen LogP contribution is -2.39. The second-order valence-corrected chi connectivity index (χ2v) is 12.2. The van der Waals surface area contributed by atoms with Crippen molar-refractivity contribution in [3.8, 4) is 18.2 Å². The van der Waals surface area contributed by atoms with Crippen molar-refractivity contribution in [1.82, 2.24) is 9.97 Å². The van der Waals surface area contributed by atoms with Gasteiger partial charge in [-0.3, -0.25) is 9.79 Å². The van der Waals surface area contributed by atoms with Crippen LogP contribution in [0.5, 0.6) is 5.88 Å². The van der Waals surface area contributed by atoms with Gasteiger partial charge in [-0.25, -0.2) is 27.2 Å². The number of terminal acetylenes is 1. The molecule has 8 nitrogen and oxygen atoms in total. The van der Waals surface area contributed by atoms with Gasteiger partial charge in [-0.2, -0.15) is 0 Å². The molecule has 3 atom stereocenters. The Morgan fingerprint density at radius 1 is 1.35 bits per heavy atom. The zero-order valence-electron chi connectivity index (χ0n) is 18.2. The van der Waals surface area contributed by atoms with Crippen LogP contribution in [0.2, 0.25) is 0 Å². The van der Waals surface area contributed by atoms with Crippen LogP contribution < -0.4 is 10.5 Å². The van der Waals surface area contributed by atoms with Gasteiger partial charge in [0.1, 0.15) is 9.77 Å². The van der Waals surface area contributed by atoms with Crippen molar-refractivity contribution >= 4 is 32.6 Å². The molecular formula is C22H20F2N4O4S2. The van der Waals surface area contributed by atoms with E-state index in [1.165, 1.54) is 25.4 Å². The highest BCUT2D eigenvalue weighted by Gasteiger charge is 2.72. The van der Waals surface area contributed by atoms with Gasteiger partial charge < -0.3 is 10.5 Å². The van der Waals surface area contributed by atoms with Crippen LogP contribution >= 0.6 is 11.8 Å². The number of thioether (sulfide) groups is 1. The third kappa shape index (κ3) is 4.03. The molecule has 12 heteroatoms. The Balaban J connectivity index is 1.65. The molecule has 1 saturated carbocycles. The number of amidine groups is 1. The second kappa shape index (κ2) is 8.32. The van der Waals surface area contributed by atoms with Crippen molar-refractivity contribution in [1.29, 1.82) is 0 Å². The number of hydrogen-bond donors (Lipinski definition) is 1. The minimum absolute atomic E-state index is 0.000158. The van der Waals surface area contributed by atoms with Crippen molar-refractivity contribution in [2.45, 2.75) is 29.4 Å². The van der Waals surface area contributed by atoms with E-state index in [4.69, 9.17) is 16.9 Å². The SMILES string of the molecule is C#CCOc1cnc(C(=O)Cc2cc(F)c(F)c([C@@]3(C)N=C(N)S[C@@]4(S(C)(=O)=O)C[C@H]43)c2)cn1. The maximum absolute atomic E-state index is 15.0. The normalized spacial score (nSPS) is 25.6. The molecule has 1 aliphatic heterocycles. The average molecular weight is 507 g/mol. The lowest BCUT2D eigenvalue weighted by Gasteiger charge is -2.33. The summed E-state index contributed by atoms with van der Waals surface area (Å²) in [7, 11) is -3.57. The number of fused-ring (bicyclic) bond motifs is 1. The smallest absolute Gasteiger partial charge is 0.233 e. The Morgan fingerprint density at radius 3 is 2.71 bits per heavy atom. The molecule has 0 radical (unpaired) electrons. The number of aromatic nitrogens is 2. The summed E-state index contributed by atoms with van der Waals surface area (Å²) < 4.78 is 58.3. The van der Waals surface area contributed by atoms with E-state index in [-0.39, 0.29) is 47.3 Å². The molecular weight excluding hydrogens is 486 g/mol. The van der Waals surface area contributed by atoms with Crippen LogP contribution in [0.25, 0.3) is 0 Å². The first kappa shape index (κ1) is 24.1. The molecule has 0 amide bonds. The number of aliphatic imine (C=N–C) groups is 1. The molecule has 2 aromatic rings. The molecule has 1 aromatic carbocycles. The number of carbonyl (C=O) groups is 1. The van der Waals surface area contributed by atoms with Crippen LogP contribution in [0.3, 0.4) is 0 Å². The molecule has 1 aliphatic carbocycles. The van der Waals surface area contributed by atoms with Gasteiger partial charge in [0.15, 0.2) is 39.0 Å². The van der Waals surface area contributed by atoms with Gasteiger partial charge >= 0.3 is 0 Å². The lowest BCUT2D eigenvalue weighted by atomic mass is 9.85. The van der Waals surface area contributed by atoms with Gasteiger partial charge in [0.05, 0.1) is 17.9 Å². The summed E-state index contributed by atoms with van der Waals surface area (Å²) in [5.74, 6) is -1.01. The first-order chi connectivity index (χ1) is 15.9. The number of Topliss-reactive ketones (excluding diaryl/α,β-unsaturated/α-hetero) is 1. The Hall–Kier alpha value is -3.04. The Labute approximate surface area is 199 Å². The van der Waals surface area contributed by atoms with Crippen molar-refractivity contribution in [2.75, 3.05) is 12.9 Å². The van der Waals surface area contributed by atoms with Gasteiger partial charge in [-0.05, 0) is 31.0 Å². The molecule has 2 aliphatic rings. The van der Waals surface area contributed by atoms with E-state index in [0.717, 1.165) is 24.1 Å². The molecule has 1 aromatic heterocycles. The van der Waals surface area contributed by atoms with Crippen molar-refractivity contribution in [3.63, 3.8) is 0 Å². The van der Waals surface area contributed by atoms with E-state index in [1.807, 2.05) is 0 Å². The highest BCUT2D eigenvalue weighted by molar-refractivity contribution is 8.24. The van der Waals surface area contributed by atoms with Crippen LogP contribution in [0, 0.1) is 29.9 Å². The van der Waals surface area contributed by atoms with Crippen molar-refractivity contribution in [2.24, 2.45) is 16.6 Å².